The Morgan fingerprint density at radius 3 is 1.05 bits per heavy atom. The average Bonchev–Trinajstić information content (AvgIpc) is 3.50. The molecule has 0 aliphatic rings. The summed E-state index contributed by atoms with van der Waals surface area (Å²) in [5.74, 6) is 0. The molecule has 0 aliphatic heterocycles. The maximum Gasteiger partial charge on any atom is 0.116 e. The summed E-state index contributed by atoms with van der Waals surface area (Å²) in [7, 11) is 0. The Hall–Kier alpha value is -10.4. The van der Waals surface area contributed by atoms with Crippen LogP contribution >= 0.6 is 0 Å². The number of hydrogen-bond acceptors (Lipinski definition) is 15. The van der Waals surface area contributed by atoms with Crippen molar-refractivity contribution in [1.82, 2.24) is 74.8 Å². The van der Waals surface area contributed by atoms with Gasteiger partial charge in [-0.2, -0.15) is 0 Å². The molecule has 15 heteroatoms. The number of rotatable bonds is 6. The van der Waals surface area contributed by atoms with Gasteiger partial charge >= 0.3 is 0 Å². The van der Waals surface area contributed by atoms with Crippen molar-refractivity contribution >= 4 is 0 Å². The van der Waals surface area contributed by atoms with Gasteiger partial charge in [0.05, 0.1) is 28.5 Å². The molecule has 12 aromatic rings. The molecule has 0 atom stereocenters. The van der Waals surface area contributed by atoms with Crippen molar-refractivity contribution < 1.29 is 0 Å². The Labute approximate surface area is 455 Å². The Morgan fingerprint density at radius 1 is 0.231 bits per heavy atom. The van der Waals surface area contributed by atoms with Crippen LogP contribution in [0.25, 0.3) is 67.4 Å². The van der Waals surface area contributed by atoms with E-state index in [0.29, 0.717) is 0 Å². The summed E-state index contributed by atoms with van der Waals surface area (Å²) in [6, 6.07) is 39.6. The minimum Gasteiger partial charge on any atom is -0.265 e. The van der Waals surface area contributed by atoms with Gasteiger partial charge in [0.2, 0.25) is 0 Å². The zero-order chi connectivity index (χ0) is 54.6. The van der Waals surface area contributed by atoms with Crippen LogP contribution in [0.3, 0.4) is 0 Å². The normalized spacial score (nSPS) is 9.92. The fourth-order valence-electron chi connectivity index (χ4n) is 7.52. The Bertz CT molecular complexity index is 3010. The molecule has 1 aromatic carbocycles. The van der Waals surface area contributed by atoms with Crippen molar-refractivity contribution in [2.45, 2.75) is 41.5 Å². The molecule has 0 spiro atoms. The molecule has 12 rings (SSSR count). The highest BCUT2D eigenvalue weighted by molar-refractivity contribution is 5.66. The van der Waals surface area contributed by atoms with Gasteiger partial charge < -0.3 is 0 Å². The first-order valence-corrected chi connectivity index (χ1v) is 24.7. The van der Waals surface area contributed by atoms with Crippen molar-refractivity contribution in [3.63, 3.8) is 0 Å². The molecular weight excluding hydrogens is 967 g/mol. The van der Waals surface area contributed by atoms with Gasteiger partial charge in [-0.05, 0) is 136 Å². The summed E-state index contributed by atoms with van der Waals surface area (Å²) in [4.78, 5) is 61.3. The van der Waals surface area contributed by atoms with Crippen LogP contribution in [0, 0.1) is 41.5 Å². The zero-order valence-corrected chi connectivity index (χ0v) is 44.2. The van der Waals surface area contributed by atoms with E-state index in [4.69, 9.17) is 0 Å². The molecule has 15 nitrogen and oxygen atoms in total. The summed E-state index contributed by atoms with van der Waals surface area (Å²) in [5, 5.41) is 0. The number of hydrogen-bond donors (Lipinski definition) is 0. The molecule has 0 unspecified atom stereocenters. The van der Waals surface area contributed by atoms with Crippen molar-refractivity contribution in [2.75, 3.05) is 0 Å². The van der Waals surface area contributed by atoms with Crippen LogP contribution in [-0.2, 0) is 0 Å². The van der Waals surface area contributed by atoms with Gasteiger partial charge in [-0.1, -0.05) is 54.6 Å². The number of aromatic nitrogens is 15. The van der Waals surface area contributed by atoms with Crippen molar-refractivity contribution in [2.24, 2.45) is 0 Å². The number of nitrogens with zero attached hydrogens (tertiary/aromatic N) is 15. The Morgan fingerprint density at radius 2 is 0.615 bits per heavy atom. The summed E-state index contributed by atoms with van der Waals surface area (Å²) < 4.78 is 0. The third-order valence-corrected chi connectivity index (χ3v) is 11.4. The Balaban J connectivity index is 0.000000136. The van der Waals surface area contributed by atoms with E-state index >= 15 is 0 Å². The smallest absolute Gasteiger partial charge is 0.116 e. The maximum atomic E-state index is 4.24. The molecule has 0 N–H and O–H groups in total. The zero-order valence-electron chi connectivity index (χ0n) is 44.2. The second-order valence-electron chi connectivity index (χ2n) is 17.0. The van der Waals surface area contributed by atoms with Crippen molar-refractivity contribution in [1.29, 1.82) is 0 Å². The van der Waals surface area contributed by atoms with E-state index < -0.39 is 0 Å². The third kappa shape index (κ3) is 16.8. The molecule has 78 heavy (non-hydrogen) atoms. The van der Waals surface area contributed by atoms with Gasteiger partial charge in [-0.25, -0.2) is 39.9 Å². The molecule has 0 amide bonds. The molecule has 0 radical (unpaired) electrons. The van der Waals surface area contributed by atoms with E-state index in [-0.39, 0.29) is 0 Å². The van der Waals surface area contributed by atoms with Crippen LogP contribution in [-0.4, -0.2) is 74.8 Å². The lowest BCUT2D eigenvalue weighted by atomic mass is 10.1. The van der Waals surface area contributed by atoms with Crippen molar-refractivity contribution in [3.05, 3.63) is 273 Å². The van der Waals surface area contributed by atoms with Gasteiger partial charge in [-0.15, -0.1) is 0 Å². The van der Waals surface area contributed by atoms with Crippen LogP contribution in [0.2, 0.25) is 0 Å². The van der Waals surface area contributed by atoms with Crippen LogP contribution in [0.15, 0.2) is 240 Å². The summed E-state index contributed by atoms with van der Waals surface area (Å²) in [5.41, 5.74) is 19.0. The fourth-order valence-corrected chi connectivity index (χ4v) is 7.52. The van der Waals surface area contributed by atoms with Crippen LogP contribution < -0.4 is 0 Å². The second-order valence-corrected chi connectivity index (χ2v) is 17.0. The largest absolute Gasteiger partial charge is 0.265 e. The van der Waals surface area contributed by atoms with Crippen LogP contribution in [0.5, 0.6) is 0 Å². The molecular formula is C63H57N15. The minimum absolute atomic E-state index is 0.891. The highest BCUT2D eigenvalue weighted by Gasteiger charge is 2.06. The molecule has 0 saturated heterocycles. The lowest BCUT2D eigenvalue weighted by molar-refractivity contribution is 1.12. The Kier molecular flexibility index (Phi) is 21.3. The van der Waals surface area contributed by atoms with E-state index in [1.165, 1.54) is 17.5 Å². The number of benzene rings is 1. The van der Waals surface area contributed by atoms with Gasteiger partial charge in [-0.3, -0.25) is 34.9 Å². The first-order valence-electron chi connectivity index (χ1n) is 24.7. The third-order valence-electron chi connectivity index (χ3n) is 11.4. The molecule has 11 aromatic heterocycles. The molecule has 0 fully saturated rings. The molecule has 384 valence electrons. The SMILES string of the molecule is Cc1cncnc1-c1ccccc1.Cc1cncnc1-c1ccccn1.Cc1cncnc1-c1cccnc1.Cc1cncnc1-c1ccncc1.Cc1ncccc1-c1cccnc1.Cc1ncccc1-c1ccncc1. The van der Waals surface area contributed by atoms with E-state index in [2.05, 4.69) is 99.0 Å². The molecule has 0 bridgehead atoms. The lowest BCUT2D eigenvalue weighted by Gasteiger charge is -2.02. The highest BCUT2D eigenvalue weighted by Crippen LogP contribution is 2.23. The topological polar surface area (TPSA) is 193 Å². The van der Waals surface area contributed by atoms with Gasteiger partial charge in [0.15, 0.2) is 0 Å². The highest BCUT2D eigenvalue weighted by atomic mass is 14.9. The number of aryl methyl sites for hydroxylation is 6. The second kappa shape index (κ2) is 30.1. The minimum atomic E-state index is 0.891. The van der Waals surface area contributed by atoms with E-state index in [1.54, 1.807) is 93.3 Å². The summed E-state index contributed by atoms with van der Waals surface area (Å²) >= 11 is 0. The predicted molar refractivity (Wildman–Crippen MR) is 307 cm³/mol. The quantitative estimate of drug-likeness (QED) is 0.153. The first kappa shape index (κ1) is 55.3. The maximum absolute atomic E-state index is 4.24. The molecule has 0 aliphatic carbocycles. The van der Waals surface area contributed by atoms with E-state index in [1.807, 2.05) is 157 Å². The number of pyridine rings is 7. The standard InChI is InChI=1S/3C11H10N2.3C10H9N3/c1-9-11(5-3-7-13-9)10-4-2-6-12-8-10;1-9-11(3-2-6-13-9)10-4-7-12-8-5-10;1-9-7-12-8-13-11(9)10-5-3-2-4-6-10;1-8-6-12-7-13-10(8)9-2-4-11-5-3-9;1-8-5-12-7-13-10(8)9-3-2-4-11-6-9;1-8-6-11-7-13-10(8)9-4-2-3-5-12-9/h3*2-8H,1H3;3*2-7H,1H3. The predicted octanol–water partition coefficient (Wildman–Crippen LogP) is 12.9. The monoisotopic (exact) mass is 1020 g/mol. The fraction of sp³-hybridized carbons (Fsp3) is 0.0952. The average molecular weight is 1020 g/mol. The van der Waals surface area contributed by atoms with Gasteiger partial charge in [0.1, 0.15) is 25.3 Å². The first-order chi connectivity index (χ1) is 38.3. The molecule has 0 saturated carbocycles. The molecule has 11 heterocycles. The van der Waals surface area contributed by atoms with Gasteiger partial charge in [0.25, 0.3) is 0 Å². The van der Waals surface area contributed by atoms with Crippen LogP contribution in [0.4, 0.5) is 0 Å². The van der Waals surface area contributed by atoms with Crippen molar-refractivity contribution in [3.8, 4) is 67.4 Å². The summed E-state index contributed by atoms with van der Waals surface area (Å²) in [6.07, 6.45) is 33.1. The van der Waals surface area contributed by atoms with Gasteiger partial charge in [0, 0.05) is 138 Å². The lowest BCUT2D eigenvalue weighted by Crippen LogP contribution is -1.90. The summed E-state index contributed by atoms with van der Waals surface area (Å²) in [6.45, 7) is 12.0. The van der Waals surface area contributed by atoms with E-state index in [0.717, 1.165) is 89.9 Å². The van der Waals surface area contributed by atoms with Crippen LogP contribution in [0.1, 0.15) is 33.6 Å². The van der Waals surface area contributed by atoms with E-state index in [9.17, 15) is 0 Å².